The molecule has 3 aromatic rings. The lowest BCUT2D eigenvalue weighted by Gasteiger charge is -2.33. The number of amides is 3. The van der Waals surface area contributed by atoms with Crippen LogP contribution in [0.15, 0.2) is 47.0 Å². The van der Waals surface area contributed by atoms with Crippen LogP contribution in [0.2, 0.25) is 0 Å². The normalized spacial score (nSPS) is 15.6. The number of nitrogens with zero attached hydrogens (tertiary/aromatic N) is 3. The summed E-state index contributed by atoms with van der Waals surface area (Å²) in [5, 5.41) is 9.70. The molecule has 1 aliphatic rings. The first-order valence-electron chi connectivity index (χ1n) is 11.9. The van der Waals surface area contributed by atoms with Gasteiger partial charge < -0.3 is 20.1 Å². The van der Waals surface area contributed by atoms with Crippen molar-refractivity contribution in [2.75, 3.05) is 25.0 Å². The highest BCUT2D eigenvalue weighted by Crippen LogP contribution is 2.21. The van der Waals surface area contributed by atoms with E-state index in [1.165, 1.54) is 6.07 Å². The Kier molecular flexibility index (Phi) is 7.74. The Bertz CT molecular complexity index is 1180. The predicted molar refractivity (Wildman–Crippen MR) is 130 cm³/mol. The fourth-order valence-corrected chi connectivity index (χ4v) is 4.14. The van der Waals surface area contributed by atoms with Crippen LogP contribution in [0.4, 0.5) is 14.9 Å². The summed E-state index contributed by atoms with van der Waals surface area (Å²) in [6.45, 7) is 5.48. The number of rotatable bonds is 7. The summed E-state index contributed by atoms with van der Waals surface area (Å²) in [5.41, 5.74) is 3.05. The van der Waals surface area contributed by atoms with Gasteiger partial charge in [0.05, 0.1) is 0 Å². The molecule has 1 aliphatic heterocycles. The number of urea groups is 1. The van der Waals surface area contributed by atoms with Gasteiger partial charge in [-0.05, 0) is 68.5 Å². The number of aryl methyl sites for hydroxylation is 3. The lowest BCUT2D eigenvalue weighted by atomic mass is 9.97. The van der Waals surface area contributed by atoms with Gasteiger partial charge in [0.2, 0.25) is 17.6 Å². The molecule has 1 saturated heterocycles. The van der Waals surface area contributed by atoms with Gasteiger partial charge in [0.1, 0.15) is 5.82 Å². The fraction of sp³-hybridized carbons (Fsp3) is 0.385. The maximum atomic E-state index is 13.5. The zero-order valence-electron chi connectivity index (χ0n) is 20.0. The second-order valence-corrected chi connectivity index (χ2v) is 9.02. The molecule has 1 unspecified atom stereocenters. The van der Waals surface area contributed by atoms with Crippen LogP contribution in [0.1, 0.15) is 36.3 Å². The van der Waals surface area contributed by atoms with Crippen LogP contribution in [0.25, 0.3) is 11.4 Å². The van der Waals surface area contributed by atoms with Crippen LogP contribution in [-0.2, 0) is 11.2 Å². The summed E-state index contributed by atoms with van der Waals surface area (Å²) < 4.78 is 18.8. The number of likely N-dealkylation sites (tertiary alicyclic amines) is 1. The highest BCUT2D eigenvalue weighted by atomic mass is 19.1. The molecule has 4 rings (SSSR count). The number of anilines is 1. The van der Waals surface area contributed by atoms with Gasteiger partial charge in [-0.3, -0.25) is 4.79 Å². The molecule has 9 heteroatoms. The zero-order chi connectivity index (χ0) is 24.8. The van der Waals surface area contributed by atoms with Gasteiger partial charge in [-0.2, -0.15) is 4.98 Å². The molecule has 184 valence electrons. The number of carbonyl (C=O) groups is 2. The van der Waals surface area contributed by atoms with E-state index in [-0.39, 0.29) is 30.1 Å². The molecule has 2 aromatic carbocycles. The Morgan fingerprint density at radius 2 is 1.97 bits per heavy atom. The maximum Gasteiger partial charge on any atom is 0.319 e. The summed E-state index contributed by atoms with van der Waals surface area (Å²) in [5.74, 6) is 0.691. The fourth-order valence-electron chi connectivity index (χ4n) is 4.14. The highest BCUT2D eigenvalue weighted by Gasteiger charge is 2.24. The van der Waals surface area contributed by atoms with E-state index in [1.54, 1.807) is 19.1 Å². The second-order valence-electron chi connectivity index (χ2n) is 9.02. The molecule has 0 bridgehead atoms. The lowest BCUT2D eigenvalue weighted by molar-refractivity contribution is -0.133. The smallest absolute Gasteiger partial charge is 0.319 e. The minimum absolute atomic E-state index is 0.0242. The van der Waals surface area contributed by atoms with Gasteiger partial charge in [0.15, 0.2) is 0 Å². The molecule has 0 spiro atoms. The monoisotopic (exact) mass is 479 g/mol. The number of halogens is 1. The first kappa shape index (κ1) is 24.4. The standard InChI is InChI=1S/C26H30FN5O3/c1-17-5-8-21(9-6-17)29-26(34)28-15-19-4-3-13-32(16-19)24(33)12-11-23-30-25(31-35-23)20-7-10-22(27)18(2)14-20/h5-10,14,19H,3-4,11-13,15-16H2,1-2H3,(H2,28,29,34). The van der Waals surface area contributed by atoms with E-state index in [0.29, 0.717) is 48.9 Å². The lowest BCUT2D eigenvalue weighted by Crippen LogP contribution is -2.44. The molecule has 0 radical (unpaired) electrons. The molecular weight excluding hydrogens is 449 g/mol. The van der Waals surface area contributed by atoms with Crippen molar-refractivity contribution in [1.29, 1.82) is 0 Å². The predicted octanol–water partition coefficient (Wildman–Crippen LogP) is 4.49. The summed E-state index contributed by atoms with van der Waals surface area (Å²) in [7, 11) is 0. The third-order valence-electron chi connectivity index (χ3n) is 6.17. The molecule has 3 amide bonds. The van der Waals surface area contributed by atoms with E-state index in [2.05, 4.69) is 20.8 Å². The van der Waals surface area contributed by atoms with Gasteiger partial charge in [-0.1, -0.05) is 22.9 Å². The Hall–Kier alpha value is -3.75. The van der Waals surface area contributed by atoms with Crippen LogP contribution in [-0.4, -0.2) is 46.6 Å². The van der Waals surface area contributed by atoms with Gasteiger partial charge in [0.25, 0.3) is 0 Å². The van der Waals surface area contributed by atoms with Crippen LogP contribution in [0, 0.1) is 25.6 Å². The number of benzene rings is 2. The average molecular weight is 480 g/mol. The second kappa shape index (κ2) is 11.1. The van der Waals surface area contributed by atoms with E-state index in [0.717, 1.165) is 24.1 Å². The van der Waals surface area contributed by atoms with Gasteiger partial charge >= 0.3 is 6.03 Å². The summed E-state index contributed by atoms with van der Waals surface area (Å²) in [6.07, 6.45) is 2.45. The van der Waals surface area contributed by atoms with Crippen molar-refractivity contribution >= 4 is 17.6 Å². The van der Waals surface area contributed by atoms with Crippen LogP contribution in [0.3, 0.4) is 0 Å². The summed E-state index contributed by atoms with van der Waals surface area (Å²) >= 11 is 0. The van der Waals surface area contributed by atoms with Crippen LogP contribution < -0.4 is 10.6 Å². The number of piperidine rings is 1. The SMILES string of the molecule is Cc1ccc(NC(=O)NCC2CCCN(C(=O)CCc3nc(-c4ccc(F)c(C)c4)no3)C2)cc1. The first-order valence-corrected chi connectivity index (χ1v) is 11.9. The Labute approximate surface area is 203 Å². The third-order valence-corrected chi connectivity index (χ3v) is 6.17. The van der Waals surface area contributed by atoms with Crippen molar-refractivity contribution in [3.05, 3.63) is 65.3 Å². The number of hydrogen-bond donors (Lipinski definition) is 2. The van der Waals surface area contributed by atoms with Crippen molar-refractivity contribution in [3.8, 4) is 11.4 Å². The third kappa shape index (κ3) is 6.65. The molecule has 2 heterocycles. The number of aromatic nitrogens is 2. The molecular formula is C26H30FN5O3. The van der Waals surface area contributed by atoms with E-state index in [4.69, 9.17) is 4.52 Å². The van der Waals surface area contributed by atoms with E-state index in [9.17, 15) is 14.0 Å². The Morgan fingerprint density at radius 1 is 1.17 bits per heavy atom. The topological polar surface area (TPSA) is 100 Å². The van der Waals surface area contributed by atoms with Gasteiger partial charge in [-0.15, -0.1) is 0 Å². The molecule has 1 fully saturated rings. The molecule has 2 N–H and O–H groups in total. The molecule has 8 nitrogen and oxygen atoms in total. The molecule has 1 aromatic heterocycles. The Balaban J connectivity index is 1.22. The molecule has 35 heavy (non-hydrogen) atoms. The van der Waals surface area contributed by atoms with E-state index in [1.807, 2.05) is 36.1 Å². The van der Waals surface area contributed by atoms with Crippen molar-refractivity contribution in [3.63, 3.8) is 0 Å². The largest absolute Gasteiger partial charge is 0.342 e. The maximum absolute atomic E-state index is 13.5. The highest BCUT2D eigenvalue weighted by molar-refractivity contribution is 5.89. The summed E-state index contributed by atoms with van der Waals surface area (Å²) in [6, 6.07) is 12.0. The molecule has 0 aliphatic carbocycles. The van der Waals surface area contributed by atoms with Crippen molar-refractivity contribution < 1.29 is 18.5 Å². The van der Waals surface area contributed by atoms with Crippen molar-refractivity contribution in [2.45, 2.75) is 39.5 Å². The van der Waals surface area contributed by atoms with E-state index >= 15 is 0 Å². The van der Waals surface area contributed by atoms with Crippen LogP contribution in [0.5, 0.6) is 0 Å². The molecule has 1 atom stereocenters. The first-order chi connectivity index (χ1) is 16.9. The van der Waals surface area contributed by atoms with Gasteiger partial charge in [0, 0.05) is 43.7 Å². The zero-order valence-corrected chi connectivity index (χ0v) is 20.0. The number of carbonyl (C=O) groups excluding carboxylic acids is 2. The van der Waals surface area contributed by atoms with Crippen molar-refractivity contribution in [1.82, 2.24) is 20.4 Å². The minimum atomic E-state index is -0.287. The average Bonchev–Trinajstić information content (AvgIpc) is 3.34. The van der Waals surface area contributed by atoms with Crippen molar-refractivity contribution in [2.24, 2.45) is 5.92 Å². The quantitative estimate of drug-likeness (QED) is 0.520. The summed E-state index contributed by atoms with van der Waals surface area (Å²) in [4.78, 5) is 31.2. The van der Waals surface area contributed by atoms with E-state index < -0.39 is 0 Å². The number of hydrogen-bond acceptors (Lipinski definition) is 5. The molecule has 0 saturated carbocycles. The Morgan fingerprint density at radius 3 is 2.74 bits per heavy atom. The van der Waals surface area contributed by atoms with Gasteiger partial charge in [-0.25, -0.2) is 9.18 Å². The van der Waals surface area contributed by atoms with Crippen LogP contribution >= 0.6 is 0 Å². The minimum Gasteiger partial charge on any atom is -0.342 e. The number of nitrogens with one attached hydrogen (secondary N) is 2.